The lowest BCUT2D eigenvalue weighted by atomic mass is 10.0. The van der Waals surface area contributed by atoms with E-state index in [2.05, 4.69) is 62.1 Å². The van der Waals surface area contributed by atoms with Crippen LogP contribution in [-0.2, 0) is 0 Å². The molecular weight excluding hydrogens is 194 g/mol. The van der Waals surface area contributed by atoms with Crippen LogP contribution in [0.1, 0.15) is 19.4 Å². The summed E-state index contributed by atoms with van der Waals surface area (Å²) < 4.78 is 0. The third kappa shape index (κ3) is 1.78. The molecule has 83 valence electrons. The van der Waals surface area contributed by atoms with Crippen molar-refractivity contribution in [3.8, 4) is 0 Å². The minimum absolute atomic E-state index is 1.04. The molecule has 0 amide bonds. The molecule has 2 aromatic carbocycles. The van der Waals surface area contributed by atoms with Crippen LogP contribution in [0, 0.1) is 6.92 Å². The topological polar surface area (TPSA) is 3.24 Å². The van der Waals surface area contributed by atoms with Gasteiger partial charge in [-0.25, -0.2) is 0 Å². The van der Waals surface area contributed by atoms with Gasteiger partial charge >= 0.3 is 0 Å². The van der Waals surface area contributed by atoms with Gasteiger partial charge in [-0.05, 0) is 37.8 Å². The maximum atomic E-state index is 4.08. The van der Waals surface area contributed by atoms with Crippen molar-refractivity contribution in [2.24, 2.45) is 0 Å². The van der Waals surface area contributed by atoms with E-state index in [4.69, 9.17) is 0 Å². The minimum Gasteiger partial charge on any atom is -0.372 e. The molecule has 0 atom stereocenters. The van der Waals surface area contributed by atoms with E-state index in [9.17, 15) is 0 Å². The van der Waals surface area contributed by atoms with Gasteiger partial charge in [-0.1, -0.05) is 30.3 Å². The van der Waals surface area contributed by atoms with Crippen molar-refractivity contribution in [3.63, 3.8) is 0 Å². The van der Waals surface area contributed by atoms with Crippen molar-refractivity contribution < 1.29 is 0 Å². The van der Waals surface area contributed by atoms with Gasteiger partial charge < -0.3 is 4.90 Å². The van der Waals surface area contributed by atoms with Crippen LogP contribution in [-0.4, -0.2) is 13.1 Å². The van der Waals surface area contributed by atoms with Crippen LogP contribution in [0.15, 0.2) is 36.4 Å². The van der Waals surface area contributed by atoms with Gasteiger partial charge in [-0.3, -0.25) is 0 Å². The molecular formula is C15H18N. The fourth-order valence-corrected chi connectivity index (χ4v) is 2.19. The van der Waals surface area contributed by atoms with Gasteiger partial charge in [0.1, 0.15) is 0 Å². The molecule has 0 unspecified atom stereocenters. The van der Waals surface area contributed by atoms with Gasteiger partial charge in [0.15, 0.2) is 0 Å². The Bertz CT molecular complexity index is 484. The number of nitrogens with zero attached hydrogens (tertiary/aromatic N) is 1. The number of fused-ring (bicyclic) bond motifs is 1. The van der Waals surface area contributed by atoms with Crippen LogP contribution < -0.4 is 4.90 Å². The molecule has 1 heteroatoms. The molecule has 0 bridgehead atoms. The van der Waals surface area contributed by atoms with Crippen molar-refractivity contribution in [1.82, 2.24) is 0 Å². The predicted molar refractivity (Wildman–Crippen MR) is 72.0 cm³/mol. The quantitative estimate of drug-likeness (QED) is 0.746. The fraction of sp³-hybridized carbons (Fsp3) is 0.267. The Hall–Kier alpha value is -1.50. The highest BCUT2D eigenvalue weighted by Gasteiger charge is 2.07. The number of hydrogen-bond donors (Lipinski definition) is 0. The molecule has 0 aliphatic rings. The molecule has 0 heterocycles. The molecule has 0 spiro atoms. The summed E-state index contributed by atoms with van der Waals surface area (Å²) >= 11 is 0. The van der Waals surface area contributed by atoms with Gasteiger partial charge in [-0.15, -0.1) is 0 Å². The molecule has 2 rings (SSSR count). The molecule has 0 saturated carbocycles. The second-order valence-electron chi connectivity index (χ2n) is 3.96. The highest BCUT2D eigenvalue weighted by molar-refractivity contribution is 5.96. The standard InChI is InChI=1S/C15H18N/c1-4-16(5-2)15-11-10-12(3)13-8-6-7-9-14(13)15/h6-11H,3-5H2,1-2H3. The fourth-order valence-electron chi connectivity index (χ4n) is 2.19. The van der Waals surface area contributed by atoms with Crippen molar-refractivity contribution in [3.05, 3.63) is 48.9 Å². The smallest absolute Gasteiger partial charge is 0.0445 e. The van der Waals surface area contributed by atoms with Crippen molar-refractivity contribution >= 4 is 16.5 Å². The second-order valence-corrected chi connectivity index (χ2v) is 3.96. The first-order valence-corrected chi connectivity index (χ1v) is 5.86. The van der Waals surface area contributed by atoms with E-state index in [1.165, 1.54) is 16.5 Å². The third-order valence-electron chi connectivity index (χ3n) is 3.10. The van der Waals surface area contributed by atoms with Crippen molar-refractivity contribution in [2.75, 3.05) is 18.0 Å². The molecule has 0 aliphatic heterocycles. The van der Waals surface area contributed by atoms with Crippen LogP contribution in [0.4, 0.5) is 5.69 Å². The molecule has 0 aromatic heterocycles. The zero-order valence-corrected chi connectivity index (χ0v) is 10.0. The summed E-state index contributed by atoms with van der Waals surface area (Å²) in [4.78, 5) is 2.38. The average molecular weight is 212 g/mol. The third-order valence-corrected chi connectivity index (χ3v) is 3.10. The monoisotopic (exact) mass is 212 g/mol. The van der Waals surface area contributed by atoms with Gasteiger partial charge in [0.25, 0.3) is 0 Å². The molecule has 0 N–H and O–H groups in total. The van der Waals surface area contributed by atoms with Gasteiger partial charge in [0.2, 0.25) is 0 Å². The highest BCUT2D eigenvalue weighted by atomic mass is 15.1. The van der Waals surface area contributed by atoms with E-state index in [1.807, 2.05) is 0 Å². The number of rotatable bonds is 3. The lowest BCUT2D eigenvalue weighted by Crippen LogP contribution is -2.22. The molecule has 1 nitrogen and oxygen atoms in total. The molecule has 16 heavy (non-hydrogen) atoms. The maximum Gasteiger partial charge on any atom is 0.0445 e. The summed E-state index contributed by atoms with van der Waals surface area (Å²) in [5, 5.41) is 2.56. The van der Waals surface area contributed by atoms with Gasteiger partial charge in [0.05, 0.1) is 0 Å². The zero-order valence-electron chi connectivity index (χ0n) is 10.0. The Morgan fingerprint density at radius 1 is 0.938 bits per heavy atom. The Labute approximate surface area is 97.7 Å². The van der Waals surface area contributed by atoms with Crippen LogP contribution in [0.3, 0.4) is 0 Å². The molecule has 0 fully saturated rings. The first kappa shape index (κ1) is 11.0. The Morgan fingerprint density at radius 3 is 2.19 bits per heavy atom. The van der Waals surface area contributed by atoms with E-state index in [0.29, 0.717) is 0 Å². The number of anilines is 1. The zero-order chi connectivity index (χ0) is 11.5. The largest absolute Gasteiger partial charge is 0.372 e. The Kier molecular flexibility index (Phi) is 3.14. The lowest BCUT2D eigenvalue weighted by Gasteiger charge is -2.23. The Morgan fingerprint density at radius 2 is 1.56 bits per heavy atom. The predicted octanol–water partition coefficient (Wildman–Crippen LogP) is 3.87. The van der Waals surface area contributed by atoms with Crippen LogP contribution in [0.5, 0.6) is 0 Å². The summed E-state index contributed by atoms with van der Waals surface area (Å²) in [6.45, 7) is 10.5. The Balaban J connectivity index is 2.66. The van der Waals surface area contributed by atoms with E-state index < -0.39 is 0 Å². The number of hydrogen-bond acceptors (Lipinski definition) is 1. The van der Waals surface area contributed by atoms with E-state index in [-0.39, 0.29) is 0 Å². The van der Waals surface area contributed by atoms with Crippen LogP contribution in [0.2, 0.25) is 0 Å². The molecule has 2 aromatic rings. The summed E-state index contributed by atoms with van der Waals surface area (Å²) in [6, 6.07) is 12.8. The summed E-state index contributed by atoms with van der Waals surface area (Å²) in [5.74, 6) is 0. The maximum absolute atomic E-state index is 4.08. The SMILES string of the molecule is [CH2]c1ccc(N(CC)CC)c2ccccc12. The normalized spacial score (nSPS) is 10.7. The lowest BCUT2D eigenvalue weighted by molar-refractivity contribution is 0.870. The summed E-state index contributed by atoms with van der Waals surface area (Å²) in [6.07, 6.45) is 0. The van der Waals surface area contributed by atoms with E-state index in [1.54, 1.807) is 0 Å². The summed E-state index contributed by atoms with van der Waals surface area (Å²) in [7, 11) is 0. The van der Waals surface area contributed by atoms with E-state index in [0.717, 1.165) is 18.7 Å². The summed E-state index contributed by atoms with van der Waals surface area (Å²) in [5.41, 5.74) is 2.42. The average Bonchev–Trinajstić information content (AvgIpc) is 2.34. The molecule has 1 radical (unpaired) electrons. The van der Waals surface area contributed by atoms with Crippen LogP contribution >= 0.6 is 0 Å². The minimum atomic E-state index is 1.04. The van der Waals surface area contributed by atoms with E-state index >= 15 is 0 Å². The van der Waals surface area contributed by atoms with Crippen LogP contribution in [0.25, 0.3) is 10.8 Å². The molecule has 0 saturated heterocycles. The highest BCUT2D eigenvalue weighted by Crippen LogP contribution is 2.28. The van der Waals surface area contributed by atoms with Crippen molar-refractivity contribution in [2.45, 2.75) is 13.8 Å². The first-order valence-electron chi connectivity index (χ1n) is 5.86. The molecule has 0 aliphatic carbocycles. The van der Waals surface area contributed by atoms with Gasteiger partial charge in [0, 0.05) is 24.2 Å². The first-order chi connectivity index (χ1) is 7.77. The van der Waals surface area contributed by atoms with Gasteiger partial charge in [-0.2, -0.15) is 0 Å². The van der Waals surface area contributed by atoms with Crippen molar-refractivity contribution in [1.29, 1.82) is 0 Å². The second kappa shape index (κ2) is 4.56. The number of benzene rings is 2.